The van der Waals surface area contributed by atoms with Crippen LogP contribution in [0.2, 0.25) is 0 Å². The van der Waals surface area contributed by atoms with Crippen LogP contribution in [-0.2, 0) is 4.79 Å². The van der Waals surface area contributed by atoms with Crippen molar-refractivity contribution in [3.05, 3.63) is 54.6 Å². The van der Waals surface area contributed by atoms with Gasteiger partial charge in [-0.25, -0.2) is 0 Å². The second-order valence-corrected chi connectivity index (χ2v) is 4.78. The Labute approximate surface area is 130 Å². The van der Waals surface area contributed by atoms with Gasteiger partial charge in [0.1, 0.15) is 17.2 Å². The zero-order chi connectivity index (χ0) is 15.6. The number of esters is 1. The van der Waals surface area contributed by atoms with Crippen molar-refractivity contribution < 1.29 is 19.0 Å². The summed E-state index contributed by atoms with van der Waals surface area (Å²) < 4.78 is 16.2. The number of unbranched alkanes of at least 4 members (excludes halogenated alkanes) is 1. The molecule has 0 saturated carbocycles. The second kappa shape index (κ2) is 8.72. The van der Waals surface area contributed by atoms with Crippen LogP contribution in [0.25, 0.3) is 0 Å². The molecule has 0 bridgehead atoms. The van der Waals surface area contributed by atoms with Crippen molar-refractivity contribution in [3.8, 4) is 17.2 Å². The zero-order valence-corrected chi connectivity index (χ0v) is 12.7. The molecule has 0 fully saturated rings. The minimum Gasteiger partial charge on any atom is -0.494 e. The van der Waals surface area contributed by atoms with Gasteiger partial charge in [-0.05, 0) is 49.2 Å². The summed E-state index contributed by atoms with van der Waals surface area (Å²) in [6.07, 6.45) is 1.85. The molecule has 116 valence electrons. The van der Waals surface area contributed by atoms with E-state index in [0.29, 0.717) is 19.0 Å². The Morgan fingerprint density at radius 1 is 0.773 bits per heavy atom. The van der Waals surface area contributed by atoms with Gasteiger partial charge in [0, 0.05) is 6.92 Å². The van der Waals surface area contributed by atoms with E-state index in [2.05, 4.69) is 0 Å². The average Bonchev–Trinajstić information content (AvgIpc) is 2.53. The van der Waals surface area contributed by atoms with Gasteiger partial charge in [-0.2, -0.15) is 0 Å². The first kappa shape index (κ1) is 15.9. The van der Waals surface area contributed by atoms with Crippen LogP contribution in [0.5, 0.6) is 17.2 Å². The molecule has 0 aliphatic heterocycles. The number of ether oxygens (including phenoxy) is 3. The van der Waals surface area contributed by atoms with Crippen LogP contribution in [0.1, 0.15) is 19.8 Å². The Morgan fingerprint density at radius 3 is 1.82 bits per heavy atom. The van der Waals surface area contributed by atoms with Crippen LogP contribution >= 0.6 is 0 Å². The molecule has 0 saturated heterocycles. The molecule has 0 radical (unpaired) electrons. The third-order valence-electron chi connectivity index (χ3n) is 2.90. The molecule has 0 heterocycles. The highest BCUT2D eigenvalue weighted by atomic mass is 16.5. The number of carbonyl (C=O) groups is 1. The Hall–Kier alpha value is -2.49. The quantitative estimate of drug-likeness (QED) is 0.422. The standard InChI is InChI=1S/C18H20O4/c1-15(19)22-18-11-9-17(10-12-18)21-14-6-5-13-20-16-7-3-2-4-8-16/h2-4,7-12H,5-6,13-14H2,1H3. The normalized spacial score (nSPS) is 10.0. The zero-order valence-electron chi connectivity index (χ0n) is 12.7. The van der Waals surface area contributed by atoms with Crippen LogP contribution < -0.4 is 14.2 Å². The lowest BCUT2D eigenvalue weighted by molar-refractivity contribution is -0.131. The van der Waals surface area contributed by atoms with E-state index >= 15 is 0 Å². The molecule has 4 nitrogen and oxygen atoms in total. The maximum atomic E-state index is 10.8. The fourth-order valence-corrected chi connectivity index (χ4v) is 1.87. The number of carbonyl (C=O) groups excluding carboxylic acids is 1. The van der Waals surface area contributed by atoms with E-state index in [9.17, 15) is 4.79 Å². The van der Waals surface area contributed by atoms with Gasteiger partial charge in [-0.3, -0.25) is 4.79 Å². The summed E-state index contributed by atoms with van der Waals surface area (Å²) >= 11 is 0. The molecule has 0 amide bonds. The Balaban J connectivity index is 1.59. The van der Waals surface area contributed by atoms with Crippen molar-refractivity contribution in [1.29, 1.82) is 0 Å². The molecule has 22 heavy (non-hydrogen) atoms. The van der Waals surface area contributed by atoms with E-state index in [1.165, 1.54) is 6.92 Å². The number of rotatable bonds is 8. The van der Waals surface area contributed by atoms with E-state index in [1.807, 2.05) is 30.3 Å². The topological polar surface area (TPSA) is 44.8 Å². The Kier molecular flexibility index (Phi) is 6.30. The maximum Gasteiger partial charge on any atom is 0.308 e. The van der Waals surface area contributed by atoms with Gasteiger partial charge in [0.15, 0.2) is 0 Å². The van der Waals surface area contributed by atoms with Crippen molar-refractivity contribution >= 4 is 5.97 Å². The van der Waals surface area contributed by atoms with Crippen LogP contribution in [-0.4, -0.2) is 19.2 Å². The SMILES string of the molecule is CC(=O)Oc1ccc(OCCCCOc2ccccc2)cc1. The van der Waals surface area contributed by atoms with E-state index in [1.54, 1.807) is 24.3 Å². The van der Waals surface area contributed by atoms with Crippen molar-refractivity contribution in [2.45, 2.75) is 19.8 Å². The highest BCUT2D eigenvalue weighted by Crippen LogP contribution is 2.18. The van der Waals surface area contributed by atoms with E-state index in [-0.39, 0.29) is 5.97 Å². The lowest BCUT2D eigenvalue weighted by Crippen LogP contribution is -2.03. The molecule has 0 N–H and O–H groups in total. The summed E-state index contributed by atoms with van der Waals surface area (Å²) in [5, 5.41) is 0. The Bertz CT molecular complexity index is 563. The average molecular weight is 300 g/mol. The second-order valence-electron chi connectivity index (χ2n) is 4.78. The predicted molar refractivity (Wildman–Crippen MR) is 84.4 cm³/mol. The summed E-state index contributed by atoms with van der Waals surface area (Å²) in [5.41, 5.74) is 0. The highest BCUT2D eigenvalue weighted by Gasteiger charge is 1.99. The molecule has 0 unspecified atom stereocenters. The monoisotopic (exact) mass is 300 g/mol. The molecule has 2 aromatic rings. The summed E-state index contributed by atoms with van der Waals surface area (Å²) in [6.45, 7) is 2.69. The third kappa shape index (κ3) is 5.87. The molecule has 0 atom stereocenters. The van der Waals surface area contributed by atoms with Crippen molar-refractivity contribution in [2.24, 2.45) is 0 Å². The minimum atomic E-state index is -0.327. The van der Waals surface area contributed by atoms with Gasteiger partial charge < -0.3 is 14.2 Å². The number of hydrogen-bond acceptors (Lipinski definition) is 4. The van der Waals surface area contributed by atoms with Gasteiger partial charge in [0.2, 0.25) is 0 Å². The third-order valence-corrected chi connectivity index (χ3v) is 2.90. The van der Waals surface area contributed by atoms with Crippen LogP contribution in [0.4, 0.5) is 0 Å². The Morgan fingerprint density at radius 2 is 1.27 bits per heavy atom. The minimum absolute atomic E-state index is 0.327. The summed E-state index contributed by atoms with van der Waals surface area (Å²) in [6, 6.07) is 16.8. The van der Waals surface area contributed by atoms with Gasteiger partial charge >= 0.3 is 5.97 Å². The molecule has 4 heteroatoms. The predicted octanol–water partition coefficient (Wildman–Crippen LogP) is 3.85. The van der Waals surface area contributed by atoms with Crippen LogP contribution in [0, 0.1) is 0 Å². The smallest absolute Gasteiger partial charge is 0.308 e. The van der Waals surface area contributed by atoms with Gasteiger partial charge in [-0.15, -0.1) is 0 Å². The summed E-state index contributed by atoms with van der Waals surface area (Å²) in [7, 11) is 0. The molecule has 0 aliphatic rings. The van der Waals surface area contributed by atoms with Gasteiger partial charge in [-0.1, -0.05) is 18.2 Å². The number of hydrogen-bond donors (Lipinski definition) is 0. The lowest BCUT2D eigenvalue weighted by Gasteiger charge is -2.08. The number of benzene rings is 2. The molecule has 0 spiro atoms. The van der Waals surface area contributed by atoms with E-state index < -0.39 is 0 Å². The highest BCUT2D eigenvalue weighted by molar-refractivity contribution is 5.69. The largest absolute Gasteiger partial charge is 0.494 e. The number of para-hydroxylation sites is 1. The first-order valence-electron chi connectivity index (χ1n) is 7.33. The summed E-state index contributed by atoms with van der Waals surface area (Å²) in [4.78, 5) is 10.8. The lowest BCUT2D eigenvalue weighted by atomic mass is 10.3. The van der Waals surface area contributed by atoms with Crippen molar-refractivity contribution in [1.82, 2.24) is 0 Å². The fraction of sp³-hybridized carbons (Fsp3) is 0.278. The molecular weight excluding hydrogens is 280 g/mol. The van der Waals surface area contributed by atoms with Crippen molar-refractivity contribution in [3.63, 3.8) is 0 Å². The first-order chi connectivity index (χ1) is 10.7. The van der Waals surface area contributed by atoms with Crippen LogP contribution in [0.15, 0.2) is 54.6 Å². The molecule has 2 aromatic carbocycles. The summed E-state index contributed by atoms with van der Waals surface area (Å²) in [5.74, 6) is 1.85. The van der Waals surface area contributed by atoms with Gasteiger partial charge in [0.05, 0.1) is 13.2 Å². The fourth-order valence-electron chi connectivity index (χ4n) is 1.87. The van der Waals surface area contributed by atoms with Gasteiger partial charge in [0.25, 0.3) is 0 Å². The van der Waals surface area contributed by atoms with E-state index in [0.717, 1.165) is 24.3 Å². The van der Waals surface area contributed by atoms with Crippen molar-refractivity contribution in [2.75, 3.05) is 13.2 Å². The first-order valence-corrected chi connectivity index (χ1v) is 7.33. The molecular formula is C18H20O4. The molecule has 2 rings (SSSR count). The van der Waals surface area contributed by atoms with Crippen LogP contribution in [0.3, 0.4) is 0 Å². The maximum absolute atomic E-state index is 10.8. The molecule has 0 aliphatic carbocycles. The molecule has 0 aromatic heterocycles. The van der Waals surface area contributed by atoms with E-state index in [4.69, 9.17) is 14.2 Å².